The predicted octanol–water partition coefficient (Wildman–Crippen LogP) is 3.33. The highest BCUT2D eigenvalue weighted by atomic mass is 19.4. The van der Waals surface area contributed by atoms with E-state index in [1.807, 2.05) is 0 Å². The molecule has 0 fully saturated rings. The number of alkyl halides is 3. The molecule has 0 N–H and O–H groups in total. The van der Waals surface area contributed by atoms with E-state index < -0.39 is 11.7 Å². The molecule has 1 aromatic carbocycles. The Hall–Kier alpha value is -1.19. The number of methoxy groups -OCH3 is 1. The third-order valence-corrected chi connectivity index (χ3v) is 2.20. The van der Waals surface area contributed by atoms with Gasteiger partial charge in [-0.3, -0.25) is 0 Å². The average Bonchev–Trinajstić information content (AvgIpc) is 2.07. The first-order valence-corrected chi connectivity index (χ1v) is 4.09. The molecule has 4 heteroatoms. The third kappa shape index (κ3) is 1.84. The Bertz CT molecular complexity index is 342. The van der Waals surface area contributed by atoms with Crippen molar-refractivity contribution in [2.75, 3.05) is 7.11 Å². The van der Waals surface area contributed by atoms with Crippen molar-refractivity contribution in [1.82, 2.24) is 0 Å². The summed E-state index contributed by atoms with van der Waals surface area (Å²) in [5.74, 6) is -0.124. The molecule has 0 aliphatic carbocycles. The van der Waals surface area contributed by atoms with Gasteiger partial charge in [-0.25, -0.2) is 0 Å². The standard InChI is InChI=1S/C10H11F3O/c1-6-4-5-8(14-3)9(7(6)2)10(11,12)13/h4-5H,1-3H3. The molecule has 0 spiro atoms. The number of benzene rings is 1. The van der Waals surface area contributed by atoms with Crippen LogP contribution in [0.5, 0.6) is 5.75 Å². The quantitative estimate of drug-likeness (QED) is 0.681. The van der Waals surface area contributed by atoms with Crippen LogP contribution in [0.15, 0.2) is 12.1 Å². The van der Waals surface area contributed by atoms with Gasteiger partial charge in [-0.15, -0.1) is 0 Å². The number of aryl methyl sites for hydroxylation is 1. The molecule has 1 nitrogen and oxygen atoms in total. The molecule has 0 saturated heterocycles. The highest BCUT2D eigenvalue weighted by Crippen LogP contribution is 2.39. The Morgan fingerprint density at radius 1 is 1.14 bits per heavy atom. The number of hydrogen-bond acceptors (Lipinski definition) is 1. The van der Waals surface area contributed by atoms with E-state index in [1.54, 1.807) is 13.0 Å². The molecule has 0 aliphatic heterocycles. The van der Waals surface area contributed by atoms with E-state index in [-0.39, 0.29) is 11.3 Å². The third-order valence-electron chi connectivity index (χ3n) is 2.20. The minimum Gasteiger partial charge on any atom is -0.496 e. The number of halogens is 3. The molecule has 0 saturated carbocycles. The summed E-state index contributed by atoms with van der Waals surface area (Å²) in [6.45, 7) is 3.09. The van der Waals surface area contributed by atoms with E-state index in [2.05, 4.69) is 4.74 Å². The van der Waals surface area contributed by atoms with Gasteiger partial charge >= 0.3 is 6.18 Å². The Balaban J connectivity index is 3.44. The van der Waals surface area contributed by atoms with Crippen LogP contribution in [0.4, 0.5) is 13.2 Å². The lowest BCUT2D eigenvalue weighted by atomic mass is 10.0. The van der Waals surface area contributed by atoms with Crippen LogP contribution in [-0.4, -0.2) is 7.11 Å². The fraction of sp³-hybridized carbons (Fsp3) is 0.400. The van der Waals surface area contributed by atoms with Gasteiger partial charge in [-0.2, -0.15) is 13.2 Å². The van der Waals surface area contributed by atoms with Crippen molar-refractivity contribution in [3.8, 4) is 5.75 Å². The van der Waals surface area contributed by atoms with Gasteiger partial charge < -0.3 is 4.74 Å². The molecule has 78 valence electrons. The number of hydrogen-bond donors (Lipinski definition) is 0. The van der Waals surface area contributed by atoms with Gasteiger partial charge in [0.15, 0.2) is 0 Å². The van der Waals surface area contributed by atoms with Gasteiger partial charge in [-0.1, -0.05) is 6.07 Å². The first kappa shape index (κ1) is 10.9. The lowest BCUT2D eigenvalue weighted by molar-refractivity contribution is -0.139. The first-order chi connectivity index (χ1) is 6.38. The molecule has 0 aromatic heterocycles. The Morgan fingerprint density at radius 2 is 1.71 bits per heavy atom. The van der Waals surface area contributed by atoms with Gasteiger partial charge in [0.05, 0.1) is 7.11 Å². The number of ether oxygens (including phenoxy) is 1. The monoisotopic (exact) mass is 204 g/mol. The topological polar surface area (TPSA) is 9.23 Å². The molecule has 0 amide bonds. The summed E-state index contributed by atoms with van der Waals surface area (Å²) in [4.78, 5) is 0. The van der Waals surface area contributed by atoms with E-state index >= 15 is 0 Å². The average molecular weight is 204 g/mol. The maximum absolute atomic E-state index is 12.6. The molecule has 0 atom stereocenters. The summed E-state index contributed by atoms with van der Waals surface area (Å²) >= 11 is 0. The molecule has 0 aliphatic rings. The summed E-state index contributed by atoms with van der Waals surface area (Å²) in [5.41, 5.74) is 0.148. The molecule has 14 heavy (non-hydrogen) atoms. The summed E-state index contributed by atoms with van der Waals surface area (Å²) in [6, 6.07) is 2.95. The van der Waals surface area contributed by atoms with Crippen molar-refractivity contribution in [3.63, 3.8) is 0 Å². The van der Waals surface area contributed by atoms with Crippen LogP contribution in [-0.2, 0) is 6.18 Å². The second-order valence-electron chi connectivity index (χ2n) is 3.08. The molecular formula is C10H11F3O. The second kappa shape index (κ2) is 3.52. The summed E-state index contributed by atoms with van der Waals surface area (Å²) < 4.78 is 42.5. The van der Waals surface area contributed by atoms with E-state index in [9.17, 15) is 13.2 Å². The number of rotatable bonds is 1. The minimum absolute atomic E-state index is 0.124. The smallest absolute Gasteiger partial charge is 0.420 e. The van der Waals surface area contributed by atoms with Gasteiger partial charge in [0.25, 0.3) is 0 Å². The summed E-state index contributed by atoms with van der Waals surface area (Å²) in [7, 11) is 1.24. The predicted molar refractivity (Wildman–Crippen MR) is 47.5 cm³/mol. The highest BCUT2D eigenvalue weighted by molar-refractivity contribution is 5.45. The summed E-state index contributed by atoms with van der Waals surface area (Å²) in [6.07, 6.45) is -4.36. The van der Waals surface area contributed by atoms with Crippen LogP contribution in [0.3, 0.4) is 0 Å². The van der Waals surface area contributed by atoms with Gasteiger partial charge in [0.1, 0.15) is 11.3 Å². The summed E-state index contributed by atoms with van der Waals surface area (Å²) in [5, 5.41) is 0. The highest BCUT2D eigenvalue weighted by Gasteiger charge is 2.36. The Morgan fingerprint density at radius 3 is 2.14 bits per heavy atom. The van der Waals surface area contributed by atoms with Crippen molar-refractivity contribution >= 4 is 0 Å². The minimum atomic E-state index is -4.36. The zero-order valence-corrected chi connectivity index (χ0v) is 8.20. The fourth-order valence-electron chi connectivity index (χ4n) is 1.31. The van der Waals surface area contributed by atoms with Crippen LogP contribution in [0.2, 0.25) is 0 Å². The maximum Gasteiger partial charge on any atom is 0.420 e. The maximum atomic E-state index is 12.6. The Kier molecular flexibility index (Phi) is 2.73. The normalized spacial score (nSPS) is 11.6. The van der Waals surface area contributed by atoms with Gasteiger partial charge in [-0.05, 0) is 31.0 Å². The van der Waals surface area contributed by atoms with Crippen molar-refractivity contribution in [2.45, 2.75) is 20.0 Å². The van der Waals surface area contributed by atoms with Crippen LogP contribution in [0.25, 0.3) is 0 Å². The van der Waals surface area contributed by atoms with Crippen LogP contribution < -0.4 is 4.74 Å². The zero-order valence-electron chi connectivity index (χ0n) is 8.20. The van der Waals surface area contributed by atoms with Gasteiger partial charge in [0.2, 0.25) is 0 Å². The van der Waals surface area contributed by atoms with Crippen LogP contribution >= 0.6 is 0 Å². The molecule has 0 radical (unpaired) electrons. The molecule has 1 rings (SSSR count). The van der Waals surface area contributed by atoms with E-state index in [0.717, 1.165) is 0 Å². The van der Waals surface area contributed by atoms with E-state index in [0.29, 0.717) is 5.56 Å². The van der Waals surface area contributed by atoms with Crippen molar-refractivity contribution in [3.05, 3.63) is 28.8 Å². The van der Waals surface area contributed by atoms with Crippen molar-refractivity contribution < 1.29 is 17.9 Å². The lowest BCUT2D eigenvalue weighted by Crippen LogP contribution is -2.10. The van der Waals surface area contributed by atoms with Crippen LogP contribution in [0.1, 0.15) is 16.7 Å². The van der Waals surface area contributed by atoms with Crippen LogP contribution in [0, 0.1) is 13.8 Å². The lowest BCUT2D eigenvalue weighted by Gasteiger charge is -2.15. The molecule has 0 heterocycles. The molecular weight excluding hydrogens is 193 g/mol. The second-order valence-corrected chi connectivity index (χ2v) is 3.08. The fourth-order valence-corrected chi connectivity index (χ4v) is 1.31. The molecule has 0 bridgehead atoms. The molecule has 0 unspecified atom stereocenters. The van der Waals surface area contributed by atoms with Crippen molar-refractivity contribution in [2.24, 2.45) is 0 Å². The largest absolute Gasteiger partial charge is 0.496 e. The van der Waals surface area contributed by atoms with E-state index in [1.165, 1.54) is 20.1 Å². The van der Waals surface area contributed by atoms with Crippen molar-refractivity contribution in [1.29, 1.82) is 0 Å². The zero-order chi connectivity index (χ0) is 10.9. The van der Waals surface area contributed by atoms with E-state index in [4.69, 9.17) is 0 Å². The Labute approximate surface area is 80.5 Å². The molecule has 1 aromatic rings. The van der Waals surface area contributed by atoms with Gasteiger partial charge in [0, 0.05) is 0 Å². The SMILES string of the molecule is COc1ccc(C)c(C)c1C(F)(F)F. The first-order valence-electron chi connectivity index (χ1n) is 4.09.